The van der Waals surface area contributed by atoms with E-state index in [9.17, 15) is 4.79 Å². The zero-order chi connectivity index (χ0) is 21.0. The minimum absolute atomic E-state index is 0.165. The molecule has 0 aromatic heterocycles. The molecular weight excluding hydrogens is 376 g/mol. The Hall–Kier alpha value is -3.97. The number of hydrogen-bond acceptors (Lipinski definition) is 4. The van der Waals surface area contributed by atoms with E-state index < -0.39 is 5.97 Å². The Bertz CT molecular complexity index is 1040. The molecule has 0 spiro atoms. The molecular formula is C26H22O4. The van der Waals surface area contributed by atoms with E-state index in [1.165, 1.54) is 0 Å². The van der Waals surface area contributed by atoms with Crippen LogP contribution in [0, 0.1) is 11.8 Å². The van der Waals surface area contributed by atoms with Gasteiger partial charge in [0.05, 0.1) is 7.11 Å². The van der Waals surface area contributed by atoms with Crippen molar-refractivity contribution >= 4 is 12.0 Å². The number of rotatable bonds is 7. The van der Waals surface area contributed by atoms with Crippen LogP contribution in [0.1, 0.15) is 16.7 Å². The van der Waals surface area contributed by atoms with Crippen LogP contribution in [0.15, 0.2) is 84.9 Å². The summed E-state index contributed by atoms with van der Waals surface area (Å²) >= 11 is 0. The largest absolute Gasteiger partial charge is 0.493 e. The molecule has 0 unspecified atom stereocenters. The van der Waals surface area contributed by atoms with Gasteiger partial charge in [0, 0.05) is 11.5 Å². The Labute approximate surface area is 176 Å². The predicted octanol–water partition coefficient (Wildman–Crippen LogP) is 4.88. The molecule has 150 valence electrons. The minimum Gasteiger partial charge on any atom is -0.493 e. The van der Waals surface area contributed by atoms with Gasteiger partial charge in [-0.2, -0.15) is 0 Å². The summed E-state index contributed by atoms with van der Waals surface area (Å²) in [5, 5.41) is 0. The van der Waals surface area contributed by atoms with Gasteiger partial charge in [-0.05, 0) is 35.4 Å². The van der Waals surface area contributed by atoms with Crippen LogP contribution in [-0.4, -0.2) is 19.7 Å². The van der Waals surface area contributed by atoms with Gasteiger partial charge in [-0.1, -0.05) is 72.7 Å². The van der Waals surface area contributed by atoms with Gasteiger partial charge in [-0.15, -0.1) is 0 Å². The van der Waals surface area contributed by atoms with Gasteiger partial charge in [0.15, 0.2) is 11.5 Å². The number of ether oxygens (including phenoxy) is 3. The first kappa shape index (κ1) is 20.8. The summed E-state index contributed by atoms with van der Waals surface area (Å²) < 4.78 is 16.3. The average molecular weight is 398 g/mol. The Kier molecular flexibility index (Phi) is 7.70. The molecule has 3 aromatic carbocycles. The second kappa shape index (κ2) is 11.1. The number of carbonyl (C=O) groups excluding carboxylic acids is 1. The van der Waals surface area contributed by atoms with E-state index in [0.29, 0.717) is 23.7 Å². The van der Waals surface area contributed by atoms with Crippen LogP contribution in [0.4, 0.5) is 0 Å². The van der Waals surface area contributed by atoms with E-state index in [1.54, 1.807) is 31.4 Å². The molecule has 0 saturated heterocycles. The lowest BCUT2D eigenvalue weighted by molar-refractivity contribution is -0.135. The summed E-state index contributed by atoms with van der Waals surface area (Å²) in [6.45, 7) is 0.600. The quantitative estimate of drug-likeness (QED) is 0.420. The van der Waals surface area contributed by atoms with Crippen LogP contribution in [0.5, 0.6) is 11.5 Å². The summed E-state index contributed by atoms with van der Waals surface area (Å²) in [6, 6.07) is 24.9. The smallest absolute Gasteiger partial charge is 0.385 e. The van der Waals surface area contributed by atoms with Crippen LogP contribution in [0.25, 0.3) is 6.08 Å². The maximum atomic E-state index is 11.8. The van der Waals surface area contributed by atoms with Crippen molar-refractivity contribution in [2.75, 3.05) is 13.7 Å². The summed E-state index contributed by atoms with van der Waals surface area (Å²) in [5.74, 6) is 5.86. The van der Waals surface area contributed by atoms with Crippen LogP contribution in [-0.2, 0) is 16.1 Å². The lowest BCUT2D eigenvalue weighted by Crippen LogP contribution is -2.01. The zero-order valence-corrected chi connectivity index (χ0v) is 16.7. The third kappa shape index (κ3) is 6.57. The Morgan fingerprint density at radius 1 is 0.933 bits per heavy atom. The van der Waals surface area contributed by atoms with Gasteiger partial charge < -0.3 is 14.2 Å². The Morgan fingerprint density at radius 2 is 1.67 bits per heavy atom. The summed E-state index contributed by atoms with van der Waals surface area (Å²) in [4.78, 5) is 11.8. The highest BCUT2D eigenvalue weighted by Gasteiger charge is 2.06. The van der Waals surface area contributed by atoms with Gasteiger partial charge in [0.2, 0.25) is 0 Å². The fourth-order valence-electron chi connectivity index (χ4n) is 2.63. The molecule has 0 atom stereocenters. The highest BCUT2D eigenvalue weighted by molar-refractivity contribution is 5.89. The zero-order valence-electron chi connectivity index (χ0n) is 16.7. The maximum absolute atomic E-state index is 11.8. The van der Waals surface area contributed by atoms with Gasteiger partial charge in [0.1, 0.15) is 13.2 Å². The van der Waals surface area contributed by atoms with Gasteiger partial charge in [0.25, 0.3) is 0 Å². The molecule has 3 aromatic rings. The Morgan fingerprint density at radius 3 is 2.40 bits per heavy atom. The van der Waals surface area contributed by atoms with Crippen molar-refractivity contribution in [2.45, 2.75) is 6.61 Å². The molecule has 0 saturated carbocycles. The third-order valence-corrected chi connectivity index (χ3v) is 4.13. The van der Waals surface area contributed by atoms with Gasteiger partial charge in [-0.3, -0.25) is 0 Å². The van der Waals surface area contributed by atoms with Crippen LogP contribution >= 0.6 is 0 Å². The molecule has 4 heteroatoms. The van der Waals surface area contributed by atoms with E-state index in [-0.39, 0.29) is 6.61 Å². The maximum Gasteiger partial charge on any atom is 0.385 e. The SMILES string of the molecule is COc1cc(C#CC(=O)OC/C=C/c2ccccc2)ccc1OCc1ccccc1. The van der Waals surface area contributed by atoms with Crippen molar-refractivity contribution in [3.05, 3.63) is 102 Å². The van der Waals surface area contributed by atoms with E-state index in [2.05, 4.69) is 11.8 Å². The molecule has 0 bridgehead atoms. The fraction of sp³-hybridized carbons (Fsp3) is 0.115. The van der Waals surface area contributed by atoms with Crippen LogP contribution < -0.4 is 9.47 Å². The molecule has 0 aliphatic carbocycles. The topological polar surface area (TPSA) is 44.8 Å². The van der Waals surface area contributed by atoms with E-state index >= 15 is 0 Å². The van der Waals surface area contributed by atoms with Crippen LogP contribution in [0.3, 0.4) is 0 Å². The van der Waals surface area contributed by atoms with E-state index in [1.807, 2.05) is 66.7 Å². The second-order valence-electron chi connectivity index (χ2n) is 6.30. The standard InChI is InChI=1S/C26H22O4/c1-28-25-19-22(14-16-24(25)30-20-23-11-6-3-7-12-23)15-17-26(27)29-18-8-13-21-9-4-2-5-10-21/h2-14,16,19H,18,20H2,1H3/b13-8+. The van der Waals surface area contributed by atoms with Crippen molar-refractivity contribution < 1.29 is 19.0 Å². The summed E-state index contributed by atoms with van der Waals surface area (Å²) in [7, 11) is 1.56. The van der Waals surface area contributed by atoms with Gasteiger partial charge in [-0.25, -0.2) is 4.79 Å². The van der Waals surface area contributed by atoms with Gasteiger partial charge >= 0.3 is 5.97 Å². The highest BCUT2D eigenvalue weighted by Crippen LogP contribution is 2.28. The first-order valence-electron chi connectivity index (χ1n) is 9.50. The number of esters is 1. The van der Waals surface area contributed by atoms with E-state index in [0.717, 1.165) is 11.1 Å². The minimum atomic E-state index is -0.587. The van der Waals surface area contributed by atoms with Crippen LogP contribution in [0.2, 0.25) is 0 Å². The molecule has 30 heavy (non-hydrogen) atoms. The molecule has 3 rings (SSSR count). The van der Waals surface area contributed by atoms with Crippen molar-refractivity contribution in [2.24, 2.45) is 0 Å². The number of carbonyl (C=O) groups is 1. The lowest BCUT2D eigenvalue weighted by atomic mass is 10.2. The summed E-state index contributed by atoms with van der Waals surface area (Å²) in [5.41, 5.74) is 2.74. The Balaban J connectivity index is 1.54. The van der Waals surface area contributed by atoms with Crippen molar-refractivity contribution in [1.82, 2.24) is 0 Å². The molecule has 0 fully saturated rings. The highest BCUT2D eigenvalue weighted by atomic mass is 16.5. The normalized spacial score (nSPS) is 10.2. The van der Waals surface area contributed by atoms with Crippen molar-refractivity contribution in [3.63, 3.8) is 0 Å². The molecule has 0 N–H and O–H groups in total. The molecule has 0 amide bonds. The first-order chi connectivity index (χ1) is 14.7. The number of benzene rings is 3. The second-order valence-corrected chi connectivity index (χ2v) is 6.30. The molecule has 0 radical (unpaired) electrons. The molecule has 0 heterocycles. The molecule has 4 nitrogen and oxygen atoms in total. The third-order valence-electron chi connectivity index (χ3n) is 4.13. The number of hydrogen-bond donors (Lipinski definition) is 0. The average Bonchev–Trinajstić information content (AvgIpc) is 2.80. The predicted molar refractivity (Wildman–Crippen MR) is 117 cm³/mol. The molecule has 0 aliphatic rings. The summed E-state index contributed by atoms with van der Waals surface area (Å²) in [6.07, 6.45) is 3.66. The number of methoxy groups -OCH3 is 1. The fourth-order valence-corrected chi connectivity index (χ4v) is 2.63. The van der Waals surface area contributed by atoms with Crippen molar-refractivity contribution in [3.8, 4) is 23.3 Å². The first-order valence-corrected chi connectivity index (χ1v) is 9.50. The molecule has 0 aliphatic heterocycles. The lowest BCUT2D eigenvalue weighted by Gasteiger charge is -2.11. The monoisotopic (exact) mass is 398 g/mol. The van der Waals surface area contributed by atoms with E-state index in [4.69, 9.17) is 14.2 Å². The van der Waals surface area contributed by atoms with Crippen molar-refractivity contribution in [1.29, 1.82) is 0 Å².